The van der Waals surface area contributed by atoms with Crippen molar-refractivity contribution in [2.24, 2.45) is 0 Å². The molecule has 1 aliphatic heterocycles. The largest absolute Gasteiger partial charge is 0.350 e. The standard InChI is InChI=1S/C19H19N3O/c23-19(22-12-14-6-3-9-20-14)17-11-13-5-1-2-7-15(13)16-8-4-10-21-18(16)17/h1-2,4-5,7-8,10-11,14,20H,3,6,9,12H2,(H,22,23). The third-order valence-corrected chi connectivity index (χ3v) is 4.53. The Labute approximate surface area is 134 Å². The van der Waals surface area contributed by atoms with Gasteiger partial charge in [-0.3, -0.25) is 9.78 Å². The molecule has 2 N–H and O–H groups in total. The van der Waals surface area contributed by atoms with Crippen LogP contribution in [0.5, 0.6) is 0 Å². The molecule has 4 heteroatoms. The highest BCUT2D eigenvalue weighted by Crippen LogP contribution is 2.27. The summed E-state index contributed by atoms with van der Waals surface area (Å²) in [4.78, 5) is 17.1. The summed E-state index contributed by atoms with van der Waals surface area (Å²) in [6.07, 6.45) is 4.05. The third kappa shape index (κ3) is 2.66. The van der Waals surface area contributed by atoms with Gasteiger partial charge in [0.25, 0.3) is 5.91 Å². The maximum Gasteiger partial charge on any atom is 0.253 e. The fourth-order valence-corrected chi connectivity index (χ4v) is 3.34. The van der Waals surface area contributed by atoms with Crippen molar-refractivity contribution in [2.45, 2.75) is 18.9 Å². The van der Waals surface area contributed by atoms with E-state index in [9.17, 15) is 4.79 Å². The van der Waals surface area contributed by atoms with E-state index in [0.29, 0.717) is 18.2 Å². The van der Waals surface area contributed by atoms with Crippen LogP contribution in [-0.2, 0) is 0 Å². The van der Waals surface area contributed by atoms with Crippen molar-refractivity contribution in [2.75, 3.05) is 13.1 Å². The number of nitrogens with one attached hydrogen (secondary N) is 2. The van der Waals surface area contributed by atoms with Gasteiger partial charge in [-0.1, -0.05) is 30.3 Å². The second kappa shape index (κ2) is 5.97. The van der Waals surface area contributed by atoms with E-state index in [1.54, 1.807) is 6.20 Å². The summed E-state index contributed by atoms with van der Waals surface area (Å²) >= 11 is 0. The number of hydrogen-bond acceptors (Lipinski definition) is 3. The Bertz CT molecular complexity index is 869. The maximum atomic E-state index is 12.7. The van der Waals surface area contributed by atoms with Gasteiger partial charge in [-0.25, -0.2) is 0 Å². The van der Waals surface area contributed by atoms with Crippen LogP contribution in [0.15, 0.2) is 48.7 Å². The first kappa shape index (κ1) is 14.2. The molecule has 0 radical (unpaired) electrons. The van der Waals surface area contributed by atoms with Crippen molar-refractivity contribution in [3.63, 3.8) is 0 Å². The molecule has 1 aliphatic rings. The summed E-state index contributed by atoms with van der Waals surface area (Å²) in [6.45, 7) is 1.71. The first-order valence-electron chi connectivity index (χ1n) is 8.11. The van der Waals surface area contributed by atoms with Gasteiger partial charge < -0.3 is 10.6 Å². The van der Waals surface area contributed by atoms with Crippen LogP contribution in [0.2, 0.25) is 0 Å². The zero-order valence-corrected chi connectivity index (χ0v) is 12.9. The van der Waals surface area contributed by atoms with Gasteiger partial charge in [0.1, 0.15) is 0 Å². The Balaban J connectivity index is 1.73. The Morgan fingerprint density at radius 2 is 2.09 bits per heavy atom. The van der Waals surface area contributed by atoms with E-state index in [1.807, 2.05) is 36.4 Å². The minimum absolute atomic E-state index is 0.0480. The molecular weight excluding hydrogens is 286 g/mol. The normalized spacial score (nSPS) is 17.7. The van der Waals surface area contributed by atoms with Gasteiger partial charge in [0.15, 0.2) is 0 Å². The van der Waals surface area contributed by atoms with E-state index in [1.165, 1.54) is 6.42 Å². The quantitative estimate of drug-likeness (QED) is 0.732. The lowest BCUT2D eigenvalue weighted by Crippen LogP contribution is -2.37. The second-order valence-electron chi connectivity index (χ2n) is 6.05. The molecule has 3 aromatic rings. The fourth-order valence-electron chi connectivity index (χ4n) is 3.34. The zero-order valence-electron chi connectivity index (χ0n) is 12.9. The number of fused-ring (bicyclic) bond motifs is 3. The molecular formula is C19H19N3O. The van der Waals surface area contributed by atoms with Crippen molar-refractivity contribution in [3.8, 4) is 0 Å². The highest BCUT2D eigenvalue weighted by Gasteiger charge is 2.17. The number of aromatic nitrogens is 1. The van der Waals surface area contributed by atoms with Crippen molar-refractivity contribution in [1.29, 1.82) is 0 Å². The van der Waals surface area contributed by atoms with Crippen molar-refractivity contribution in [3.05, 3.63) is 54.2 Å². The first-order valence-corrected chi connectivity index (χ1v) is 8.11. The Kier molecular flexibility index (Phi) is 3.67. The molecule has 1 amide bonds. The molecule has 2 heterocycles. The lowest BCUT2D eigenvalue weighted by atomic mass is 10.0. The van der Waals surface area contributed by atoms with Crippen LogP contribution >= 0.6 is 0 Å². The monoisotopic (exact) mass is 305 g/mol. The van der Waals surface area contributed by atoms with Gasteiger partial charge in [0.05, 0.1) is 11.1 Å². The summed E-state index contributed by atoms with van der Waals surface area (Å²) in [6, 6.07) is 14.4. The number of carbonyl (C=O) groups is 1. The molecule has 1 atom stereocenters. The van der Waals surface area contributed by atoms with Gasteiger partial charge in [0.2, 0.25) is 0 Å². The van der Waals surface area contributed by atoms with Crippen molar-refractivity contribution >= 4 is 27.6 Å². The van der Waals surface area contributed by atoms with Gasteiger partial charge in [-0.15, -0.1) is 0 Å². The molecule has 23 heavy (non-hydrogen) atoms. The van der Waals surface area contributed by atoms with Gasteiger partial charge in [-0.05, 0) is 42.3 Å². The molecule has 0 saturated carbocycles. The lowest BCUT2D eigenvalue weighted by Gasteiger charge is -2.13. The fraction of sp³-hybridized carbons (Fsp3) is 0.263. The van der Waals surface area contributed by atoms with Crippen LogP contribution in [0.25, 0.3) is 21.7 Å². The van der Waals surface area contributed by atoms with E-state index >= 15 is 0 Å². The van der Waals surface area contributed by atoms with Crippen molar-refractivity contribution in [1.82, 2.24) is 15.6 Å². The average molecular weight is 305 g/mol. The van der Waals surface area contributed by atoms with E-state index in [0.717, 1.165) is 34.6 Å². The zero-order chi connectivity index (χ0) is 15.6. The molecule has 1 aromatic heterocycles. The predicted molar refractivity (Wildman–Crippen MR) is 92.6 cm³/mol. The summed E-state index contributed by atoms with van der Waals surface area (Å²) in [5.74, 6) is -0.0480. The van der Waals surface area contributed by atoms with Crippen LogP contribution in [0, 0.1) is 0 Å². The topological polar surface area (TPSA) is 54.0 Å². The Morgan fingerprint density at radius 1 is 1.22 bits per heavy atom. The highest BCUT2D eigenvalue weighted by molar-refractivity contribution is 6.15. The molecule has 1 fully saturated rings. The van der Waals surface area contributed by atoms with Gasteiger partial charge in [0, 0.05) is 24.2 Å². The molecule has 0 bridgehead atoms. The molecule has 4 rings (SSSR count). The third-order valence-electron chi connectivity index (χ3n) is 4.53. The molecule has 0 spiro atoms. The van der Waals surface area contributed by atoms with Crippen LogP contribution in [-0.4, -0.2) is 30.0 Å². The molecule has 0 aliphatic carbocycles. The summed E-state index contributed by atoms with van der Waals surface area (Å²) in [5.41, 5.74) is 1.42. The first-order chi connectivity index (χ1) is 11.3. The number of carbonyl (C=O) groups excluding carboxylic acids is 1. The maximum absolute atomic E-state index is 12.7. The summed E-state index contributed by atoms with van der Waals surface area (Å²) in [5, 5.41) is 9.68. The lowest BCUT2D eigenvalue weighted by molar-refractivity contribution is 0.0952. The summed E-state index contributed by atoms with van der Waals surface area (Å²) < 4.78 is 0. The number of amides is 1. The van der Waals surface area contributed by atoms with Crippen LogP contribution in [0.1, 0.15) is 23.2 Å². The van der Waals surface area contributed by atoms with Crippen molar-refractivity contribution < 1.29 is 4.79 Å². The molecule has 2 aromatic carbocycles. The second-order valence-corrected chi connectivity index (χ2v) is 6.05. The van der Waals surface area contributed by atoms with E-state index in [2.05, 4.69) is 21.7 Å². The molecule has 1 saturated heterocycles. The molecule has 4 nitrogen and oxygen atoms in total. The van der Waals surface area contributed by atoms with E-state index in [-0.39, 0.29) is 5.91 Å². The van der Waals surface area contributed by atoms with E-state index in [4.69, 9.17) is 0 Å². The van der Waals surface area contributed by atoms with E-state index < -0.39 is 0 Å². The number of hydrogen-bond donors (Lipinski definition) is 2. The van der Waals surface area contributed by atoms with Crippen LogP contribution < -0.4 is 10.6 Å². The number of pyridine rings is 1. The van der Waals surface area contributed by atoms with Crippen LogP contribution in [0.3, 0.4) is 0 Å². The minimum Gasteiger partial charge on any atom is -0.350 e. The Hall–Kier alpha value is -2.46. The average Bonchev–Trinajstić information content (AvgIpc) is 3.12. The SMILES string of the molecule is O=C(NCC1CCCN1)c1cc2ccccc2c2cccnc12. The predicted octanol–water partition coefficient (Wildman–Crippen LogP) is 2.87. The van der Waals surface area contributed by atoms with Crippen LogP contribution in [0.4, 0.5) is 0 Å². The smallest absolute Gasteiger partial charge is 0.253 e. The van der Waals surface area contributed by atoms with Gasteiger partial charge in [-0.2, -0.15) is 0 Å². The highest BCUT2D eigenvalue weighted by atomic mass is 16.1. The molecule has 1 unspecified atom stereocenters. The number of nitrogens with zero attached hydrogens (tertiary/aromatic N) is 1. The Morgan fingerprint density at radius 3 is 2.96 bits per heavy atom. The summed E-state index contributed by atoms with van der Waals surface area (Å²) in [7, 11) is 0. The number of rotatable bonds is 3. The molecule has 116 valence electrons. The van der Waals surface area contributed by atoms with Gasteiger partial charge >= 0.3 is 0 Å². The number of benzene rings is 2. The minimum atomic E-state index is -0.0480.